The predicted molar refractivity (Wildman–Crippen MR) is 96.2 cm³/mol. The fourth-order valence-electron chi connectivity index (χ4n) is 2.56. The Balaban J connectivity index is 2.17. The largest absolute Gasteiger partial charge is 0.508 e. The minimum atomic E-state index is -0.480. The summed E-state index contributed by atoms with van der Waals surface area (Å²) in [6, 6.07) is 9.21. The number of benzene rings is 2. The molecule has 0 spiro atoms. The number of carbonyl (C=O) groups is 1. The van der Waals surface area contributed by atoms with Crippen molar-refractivity contribution in [3.63, 3.8) is 0 Å². The molecule has 3 N–H and O–H groups in total. The molecule has 0 aliphatic carbocycles. The molecule has 7 nitrogen and oxygen atoms in total. The SMILES string of the molecule is COc1cc(C(=O)NC(CO)Cc2ccc(O)cc2)cc(OC)c1OC. The second-order valence-corrected chi connectivity index (χ2v) is 5.64. The highest BCUT2D eigenvalue weighted by Crippen LogP contribution is 2.38. The summed E-state index contributed by atoms with van der Waals surface area (Å²) in [7, 11) is 4.43. The first-order valence-electron chi connectivity index (χ1n) is 8.02. The number of ether oxygens (including phenoxy) is 3. The summed E-state index contributed by atoms with van der Waals surface area (Å²) >= 11 is 0. The van der Waals surface area contributed by atoms with Gasteiger partial charge in [0.1, 0.15) is 5.75 Å². The van der Waals surface area contributed by atoms with Crippen LogP contribution in [0.5, 0.6) is 23.0 Å². The third-order valence-corrected chi connectivity index (χ3v) is 3.90. The molecule has 26 heavy (non-hydrogen) atoms. The quantitative estimate of drug-likeness (QED) is 0.663. The maximum atomic E-state index is 12.6. The number of amides is 1. The molecular weight excluding hydrogens is 338 g/mol. The number of carbonyl (C=O) groups excluding carboxylic acids is 1. The number of aromatic hydroxyl groups is 1. The van der Waals surface area contributed by atoms with E-state index >= 15 is 0 Å². The Bertz CT molecular complexity index is 719. The van der Waals surface area contributed by atoms with Crippen molar-refractivity contribution >= 4 is 5.91 Å². The molecule has 1 amide bonds. The lowest BCUT2D eigenvalue weighted by Gasteiger charge is -2.18. The second kappa shape index (κ2) is 8.96. The van der Waals surface area contributed by atoms with Crippen LogP contribution in [0.2, 0.25) is 0 Å². The van der Waals surface area contributed by atoms with Gasteiger partial charge in [-0.25, -0.2) is 0 Å². The van der Waals surface area contributed by atoms with Crippen LogP contribution in [0, 0.1) is 0 Å². The van der Waals surface area contributed by atoms with E-state index in [0.29, 0.717) is 29.2 Å². The summed E-state index contributed by atoms with van der Waals surface area (Å²) in [6.45, 7) is -0.225. The highest BCUT2D eigenvalue weighted by molar-refractivity contribution is 5.95. The van der Waals surface area contributed by atoms with E-state index in [1.54, 1.807) is 36.4 Å². The number of aliphatic hydroxyl groups excluding tert-OH is 1. The van der Waals surface area contributed by atoms with Crippen LogP contribution in [0.15, 0.2) is 36.4 Å². The average Bonchev–Trinajstić information content (AvgIpc) is 2.67. The van der Waals surface area contributed by atoms with Crippen molar-refractivity contribution in [3.05, 3.63) is 47.5 Å². The number of phenols is 1. The van der Waals surface area contributed by atoms with Crippen LogP contribution in [0.25, 0.3) is 0 Å². The van der Waals surface area contributed by atoms with Gasteiger partial charge in [0.15, 0.2) is 11.5 Å². The first kappa shape index (κ1) is 19.4. The van der Waals surface area contributed by atoms with Gasteiger partial charge in [-0.05, 0) is 36.2 Å². The van der Waals surface area contributed by atoms with E-state index in [-0.39, 0.29) is 18.3 Å². The smallest absolute Gasteiger partial charge is 0.251 e. The van der Waals surface area contributed by atoms with Crippen molar-refractivity contribution in [1.82, 2.24) is 5.32 Å². The molecule has 7 heteroatoms. The van der Waals surface area contributed by atoms with Crippen LogP contribution < -0.4 is 19.5 Å². The van der Waals surface area contributed by atoms with E-state index in [1.165, 1.54) is 21.3 Å². The Labute approximate surface area is 152 Å². The summed E-state index contributed by atoms with van der Waals surface area (Å²) in [5.74, 6) is 0.930. The summed E-state index contributed by atoms with van der Waals surface area (Å²) < 4.78 is 15.7. The summed E-state index contributed by atoms with van der Waals surface area (Å²) in [5.41, 5.74) is 1.20. The highest BCUT2D eigenvalue weighted by atomic mass is 16.5. The third-order valence-electron chi connectivity index (χ3n) is 3.90. The Morgan fingerprint density at radius 3 is 2.08 bits per heavy atom. The lowest BCUT2D eigenvalue weighted by Crippen LogP contribution is -2.39. The summed E-state index contributed by atoms with van der Waals surface area (Å²) in [4.78, 5) is 12.6. The zero-order valence-electron chi connectivity index (χ0n) is 15.0. The Morgan fingerprint density at radius 1 is 1.04 bits per heavy atom. The van der Waals surface area contributed by atoms with Crippen LogP contribution >= 0.6 is 0 Å². The maximum Gasteiger partial charge on any atom is 0.251 e. The van der Waals surface area contributed by atoms with Gasteiger partial charge < -0.3 is 29.7 Å². The Morgan fingerprint density at radius 2 is 1.62 bits per heavy atom. The number of hydrogen-bond donors (Lipinski definition) is 3. The molecular formula is C19H23NO6. The van der Waals surface area contributed by atoms with E-state index in [0.717, 1.165) is 5.56 Å². The van der Waals surface area contributed by atoms with Crippen molar-refractivity contribution in [3.8, 4) is 23.0 Å². The van der Waals surface area contributed by atoms with Crippen LogP contribution in [-0.4, -0.2) is 50.1 Å². The molecule has 2 rings (SSSR count). The van der Waals surface area contributed by atoms with Gasteiger partial charge in [-0.2, -0.15) is 0 Å². The lowest BCUT2D eigenvalue weighted by molar-refractivity contribution is 0.0915. The number of nitrogens with one attached hydrogen (secondary N) is 1. The summed E-state index contributed by atoms with van der Waals surface area (Å²) in [6.07, 6.45) is 0.424. The molecule has 1 atom stereocenters. The van der Waals surface area contributed by atoms with Crippen molar-refractivity contribution in [2.75, 3.05) is 27.9 Å². The van der Waals surface area contributed by atoms with Crippen molar-refractivity contribution in [2.24, 2.45) is 0 Å². The predicted octanol–water partition coefficient (Wildman–Crippen LogP) is 1.75. The van der Waals surface area contributed by atoms with Gasteiger partial charge in [-0.15, -0.1) is 0 Å². The molecule has 0 aliphatic heterocycles. The molecule has 0 radical (unpaired) electrons. The van der Waals surface area contributed by atoms with Crippen LogP contribution in [0.3, 0.4) is 0 Å². The zero-order valence-corrected chi connectivity index (χ0v) is 15.0. The molecule has 0 aliphatic rings. The van der Waals surface area contributed by atoms with Gasteiger partial charge in [0, 0.05) is 5.56 Å². The number of methoxy groups -OCH3 is 3. The zero-order chi connectivity index (χ0) is 19.1. The minimum Gasteiger partial charge on any atom is -0.508 e. The van der Waals surface area contributed by atoms with Gasteiger partial charge in [0.2, 0.25) is 5.75 Å². The lowest BCUT2D eigenvalue weighted by atomic mass is 10.1. The fraction of sp³-hybridized carbons (Fsp3) is 0.316. The van der Waals surface area contributed by atoms with Gasteiger partial charge in [0.25, 0.3) is 5.91 Å². The highest BCUT2D eigenvalue weighted by Gasteiger charge is 2.19. The van der Waals surface area contributed by atoms with Crippen LogP contribution in [0.4, 0.5) is 0 Å². The minimum absolute atomic E-state index is 0.163. The molecule has 0 saturated heterocycles. The first-order valence-corrected chi connectivity index (χ1v) is 8.02. The molecule has 1 unspecified atom stereocenters. The van der Waals surface area contributed by atoms with Crippen molar-refractivity contribution in [1.29, 1.82) is 0 Å². The van der Waals surface area contributed by atoms with Gasteiger partial charge >= 0.3 is 0 Å². The molecule has 0 saturated carbocycles. The van der Waals surface area contributed by atoms with Crippen LogP contribution in [-0.2, 0) is 6.42 Å². The van der Waals surface area contributed by atoms with Crippen molar-refractivity contribution < 1.29 is 29.2 Å². The number of hydrogen-bond acceptors (Lipinski definition) is 6. The topological polar surface area (TPSA) is 97.3 Å². The van der Waals surface area contributed by atoms with E-state index in [4.69, 9.17) is 14.2 Å². The van der Waals surface area contributed by atoms with E-state index in [9.17, 15) is 15.0 Å². The Hall–Kier alpha value is -2.93. The standard InChI is InChI=1S/C19H23NO6/c1-24-16-9-13(10-17(25-2)18(16)26-3)19(23)20-14(11-21)8-12-4-6-15(22)7-5-12/h4-7,9-10,14,21-22H,8,11H2,1-3H3,(H,20,23). The van der Waals surface area contributed by atoms with Gasteiger partial charge in [0.05, 0.1) is 34.0 Å². The number of phenolic OH excluding ortho intramolecular Hbond substituents is 1. The molecule has 140 valence electrons. The number of aliphatic hydroxyl groups is 1. The Kier molecular flexibility index (Phi) is 6.68. The molecule has 0 heterocycles. The first-order chi connectivity index (χ1) is 12.5. The normalized spacial score (nSPS) is 11.5. The van der Waals surface area contributed by atoms with E-state index in [2.05, 4.69) is 5.32 Å². The average molecular weight is 361 g/mol. The van der Waals surface area contributed by atoms with Gasteiger partial charge in [-0.1, -0.05) is 12.1 Å². The summed E-state index contributed by atoms with van der Waals surface area (Å²) in [5, 5.41) is 21.7. The molecule has 2 aromatic rings. The molecule has 0 aromatic heterocycles. The molecule has 0 fully saturated rings. The van der Waals surface area contributed by atoms with Gasteiger partial charge in [-0.3, -0.25) is 4.79 Å². The fourth-order valence-corrected chi connectivity index (χ4v) is 2.56. The third kappa shape index (κ3) is 4.58. The maximum absolute atomic E-state index is 12.6. The second-order valence-electron chi connectivity index (χ2n) is 5.64. The monoisotopic (exact) mass is 361 g/mol. The van der Waals surface area contributed by atoms with Crippen molar-refractivity contribution in [2.45, 2.75) is 12.5 Å². The number of rotatable bonds is 8. The van der Waals surface area contributed by atoms with Crippen LogP contribution in [0.1, 0.15) is 15.9 Å². The molecule has 2 aromatic carbocycles. The molecule has 0 bridgehead atoms. The van der Waals surface area contributed by atoms with E-state index < -0.39 is 6.04 Å². The van der Waals surface area contributed by atoms with E-state index in [1.807, 2.05) is 0 Å².